The maximum atomic E-state index is 8.88. The zero-order valence-corrected chi connectivity index (χ0v) is 12.6. The van der Waals surface area contributed by atoms with Gasteiger partial charge >= 0.3 is 0 Å². The van der Waals surface area contributed by atoms with Crippen LogP contribution >= 0.6 is 0 Å². The molecule has 0 aromatic carbocycles. The minimum atomic E-state index is 0.255. The van der Waals surface area contributed by atoms with Crippen LogP contribution in [0.1, 0.15) is 51.4 Å². The summed E-state index contributed by atoms with van der Waals surface area (Å²) in [7, 11) is 0. The highest BCUT2D eigenvalue weighted by Crippen LogP contribution is 2.29. The van der Waals surface area contributed by atoms with E-state index in [2.05, 4.69) is 0 Å². The fourth-order valence-corrected chi connectivity index (χ4v) is 3.53. The lowest BCUT2D eigenvalue weighted by Gasteiger charge is -2.28. The first-order chi connectivity index (χ1) is 9.76. The summed E-state index contributed by atoms with van der Waals surface area (Å²) in [5, 5.41) is 35.5. The molecule has 2 aliphatic rings. The molecule has 0 radical (unpaired) electrons. The van der Waals surface area contributed by atoms with Gasteiger partial charge in [0.25, 0.3) is 0 Å². The van der Waals surface area contributed by atoms with Gasteiger partial charge in [-0.3, -0.25) is 0 Å². The third-order valence-corrected chi connectivity index (χ3v) is 5.07. The van der Waals surface area contributed by atoms with Crippen molar-refractivity contribution in [1.82, 2.24) is 0 Å². The Morgan fingerprint density at radius 1 is 0.450 bits per heavy atom. The zero-order valence-electron chi connectivity index (χ0n) is 12.6. The van der Waals surface area contributed by atoms with Crippen molar-refractivity contribution in [2.75, 3.05) is 26.4 Å². The molecule has 2 rings (SSSR count). The fraction of sp³-hybridized carbons (Fsp3) is 1.00. The van der Waals surface area contributed by atoms with Crippen molar-refractivity contribution >= 4 is 0 Å². The second kappa shape index (κ2) is 10.6. The summed E-state index contributed by atoms with van der Waals surface area (Å²) in [5.74, 6) is 1.50. The Kier molecular flexibility index (Phi) is 9.44. The van der Waals surface area contributed by atoms with Crippen LogP contribution in [0.2, 0.25) is 0 Å². The highest BCUT2D eigenvalue weighted by molar-refractivity contribution is 4.74. The minimum Gasteiger partial charge on any atom is -0.396 e. The molecule has 4 atom stereocenters. The van der Waals surface area contributed by atoms with E-state index < -0.39 is 0 Å². The summed E-state index contributed by atoms with van der Waals surface area (Å²) in [6.07, 6.45) is 9.29. The predicted molar refractivity (Wildman–Crippen MR) is 79.2 cm³/mol. The van der Waals surface area contributed by atoms with Gasteiger partial charge in [0.1, 0.15) is 0 Å². The smallest absolute Gasteiger partial charge is 0.0462 e. The molecule has 0 bridgehead atoms. The van der Waals surface area contributed by atoms with Crippen LogP contribution in [0.3, 0.4) is 0 Å². The lowest BCUT2D eigenvalue weighted by atomic mass is 9.80. The van der Waals surface area contributed by atoms with Gasteiger partial charge in [0.2, 0.25) is 0 Å². The molecule has 0 aliphatic heterocycles. The number of aliphatic hydroxyl groups is 4. The number of rotatable bonds is 4. The van der Waals surface area contributed by atoms with E-state index in [1.165, 1.54) is 25.7 Å². The van der Waals surface area contributed by atoms with E-state index in [1.807, 2.05) is 0 Å². The molecule has 4 N–H and O–H groups in total. The van der Waals surface area contributed by atoms with Crippen molar-refractivity contribution in [3.63, 3.8) is 0 Å². The van der Waals surface area contributed by atoms with Crippen LogP contribution in [0.15, 0.2) is 0 Å². The van der Waals surface area contributed by atoms with Crippen LogP contribution in [-0.4, -0.2) is 46.9 Å². The van der Waals surface area contributed by atoms with Gasteiger partial charge in [-0.15, -0.1) is 0 Å². The average molecular weight is 288 g/mol. The average Bonchev–Trinajstić information content (AvgIpc) is 2.55. The summed E-state index contributed by atoms with van der Waals surface area (Å²) in [4.78, 5) is 0. The maximum Gasteiger partial charge on any atom is 0.0462 e. The Bertz CT molecular complexity index is 187. The van der Waals surface area contributed by atoms with Crippen molar-refractivity contribution in [2.45, 2.75) is 51.4 Å². The molecule has 0 saturated heterocycles. The molecule has 0 unspecified atom stereocenters. The van der Waals surface area contributed by atoms with Crippen LogP contribution in [0.4, 0.5) is 0 Å². The zero-order chi connectivity index (χ0) is 14.8. The molecule has 20 heavy (non-hydrogen) atoms. The van der Waals surface area contributed by atoms with E-state index >= 15 is 0 Å². The van der Waals surface area contributed by atoms with Gasteiger partial charge in [-0.1, -0.05) is 25.7 Å². The lowest BCUT2D eigenvalue weighted by molar-refractivity contribution is 0.0869. The summed E-state index contributed by atoms with van der Waals surface area (Å²) in [6, 6.07) is 0. The van der Waals surface area contributed by atoms with Gasteiger partial charge in [-0.25, -0.2) is 0 Å². The lowest BCUT2D eigenvalue weighted by Crippen LogP contribution is -2.25. The van der Waals surface area contributed by atoms with Gasteiger partial charge in [0, 0.05) is 26.4 Å². The van der Waals surface area contributed by atoms with Crippen LogP contribution < -0.4 is 0 Å². The quantitative estimate of drug-likeness (QED) is 0.633. The number of aliphatic hydroxyl groups excluding tert-OH is 4. The number of hydrogen-bond acceptors (Lipinski definition) is 4. The van der Waals surface area contributed by atoms with Crippen molar-refractivity contribution in [1.29, 1.82) is 0 Å². The molecule has 0 amide bonds. The van der Waals surface area contributed by atoms with Gasteiger partial charge < -0.3 is 20.4 Å². The SMILES string of the molecule is OC[C@@H]1CCCC[C@H]1CO.OC[C@H]1CCCC[C@@H]1CO. The Hall–Kier alpha value is -0.160. The highest BCUT2D eigenvalue weighted by Gasteiger charge is 2.23. The summed E-state index contributed by atoms with van der Waals surface area (Å²) in [6.45, 7) is 1.02. The van der Waals surface area contributed by atoms with Gasteiger partial charge in [-0.2, -0.15) is 0 Å². The molecule has 0 aromatic rings. The minimum absolute atomic E-state index is 0.255. The first kappa shape index (κ1) is 17.9. The van der Waals surface area contributed by atoms with Crippen LogP contribution in [0.5, 0.6) is 0 Å². The molecule has 0 spiro atoms. The summed E-state index contributed by atoms with van der Waals surface area (Å²) in [5.41, 5.74) is 0. The third kappa shape index (κ3) is 5.68. The highest BCUT2D eigenvalue weighted by atomic mass is 16.3. The van der Waals surface area contributed by atoms with Crippen molar-refractivity contribution in [3.05, 3.63) is 0 Å². The Morgan fingerprint density at radius 3 is 0.800 bits per heavy atom. The molecule has 2 aliphatic carbocycles. The Balaban J connectivity index is 0.000000200. The first-order valence-electron chi connectivity index (χ1n) is 8.20. The van der Waals surface area contributed by atoms with Crippen LogP contribution in [0.25, 0.3) is 0 Å². The van der Waals surface area contributed by atoms with E-state index in [0.717, 1.165) is 25.7 Å². The van der Waals surface area contributed by atoms with E-state index in [1.54, 1.807) is 0 Å². The van der Waals surface area contributed by atoms with Crippen LogP contribution in [-0.2, 0) is 0 Å². The van der Waals surface area contributed by atoms with E-state index in [9.17, 15) is 0 Å². The number of hydrogen-bond donors (Lipinski definition) is 4. The largest absolute Gasteiger partial charge is 0.396 e. The Morgan fingerprint density at radius 2 is 0.650 bits per heavy atom. The van der Waals surface area contributed by atoms with Crippen molar-refractivity contribution in [3.8, 4) is 0 Å². The first-order valence-corrected chi connectivity index (χ1v) is 8.20. The van der Waals surface area contributed by atoms with Crippen molar-refractivity contribution < 1.29 is 20.4 Å². The third-order valence-electron chi connectivity index (χ3n) is 5.07. The monoisotopic (exact) mass is 288 g/mol. The normalized spacial score (nSPS) is 34.2. The molecule has 4 nitrogen and oxygen atoms in total. The van der Waals surface area contributed by atoms with E-state index in [0.29, 0.717) is 23.7 Å². The van der Waals surface area contributed by atoms with Gasteiger partial charge in [-0.05, 0) is 49.4 Å². The van der Waals surface area contributed by atoms with Crippen molar-refractivity contribution in [2.24, 2.45) is 23.7 Å². The second-order valence-electron chi connectivity index (χ2n) is 6.34. The molecule has 2 saturated carbocycles. The molecular formula is C16H32O4. The summed E-state index contributed by atoms with van der Waals surface area (Å²) >= 11 is 0. The molecule has 0 aromatic heterocycles. The molecule has 120 valence electrons. The maximum absolute atomic E-state index is 8.88. The van der Waals surface area contributed by atoms with Gasteiger partial charge in [0.15, 0.2) is 0 Å². The standard InChI is InChI=1S/2C8H16O2/c2*9-5-7-3-1-2-4-8(7)6-10/h2*7-10H,1-6H2/t2*7-,8-/m10/s1. The topological polar surface area (TPSA) is 80.9 Å². The van der Waals surface area contributed by atoms with Gasteiger partial charge in [0.05, 0.1) is 0 Å². The van der Waals surface area contributed by atoms with E-state index in [4.69, 9.17) is 20.4 Å². The fourth-order valence-electron chi connectivity index (χ4n) is 3.53. The van der Waals surface area contributed by atoms with Crippen LogP contribution in [0, 0.1) is 23.7 Å². The summed E-state index contributed by atoms with van der Waals surface area (Å²) < 4.78 is 0. The predicted octanol–water partition coefficient (Wildman–Crippen LogP) is 1.55. The Labute approximate surface area is 122 Å². The van der Waals surface area contributed by atoms with E-state index in [-0.39, 0.29) is 26.4 Å². The molecule has 2 fully saturated rings. The second-order valence-corrected chi connectivity index (χ2v) is 6.34. The molecular weight excluding hydrogens is 256 g/mol. The molecule has 4 heteroatoms. The molecule has 0 heterocycles.